The highest BCUT2D eigenvalue weighted by atomic mass is 79.9. The molecule has 0 radical (unpaired) electrons. The van der Waals surface area contributed by atoms with Crippen molar-refractivity contribution in [2.24, 2.45) is 5.92 Å². The summed E-state index contributed by atoms with van der Waals surface area (Å²) in [5, 5.41) is 3.46. The Morgan fingerprint density at radius 2 is 2.41 bits per heavy atom. The molecule has 1 aliphatic rings. The first-order valence-electron chi connectivity index (χ1n) is 5.92. The number of nitrogens with one attached hydrogen (secondary N) is 1. The molecule has 0 spiro atoms. The molecule has 0 unspecified atom stereocenters. The van der Waals surface area contributed by atoms with E-state index in [2.05, 4.69) is 28.2 Å². The van der Waals surface area contributed by atoms with Crippen LogP contribution in [0.5, 0.6) is 0 Å². The van der Waals surface area contributed by atoms with E-state index in [0.717, 1.165) is 31.7 Å². The van der Waals surface area contributed by atoms with Crippen LogP contribution in [0.25, 0.3) is 0 Å². The molecule has 1 heterocycles. The average Bonchev–Trinajstić information content (AvgIpc) is 2.84. The first-order valence-corrected chi connectivity index (χ1v) is 6.71. The van der Waals surface area contributed by atoms with Gasteiger partial charge in [-0.05, 0) is 52.9 Å². The molecule has 0 amide bonds. The summed E-state index contributed by atoms with van der Waals surface area (Å²) in [6, 6.07) is 5.55. The Kier molecular flexibility index (Phi) is 4.54. The third kappa shape index (κ3) is 3.50. The zero-order chi connectivity index (χ0) is 12.3. The molecule has 2 nitrogen and oxygen atoms in total. The minimum Gasteiger partial charge on any atom is -0.381 e. The molecule has 1 N–H and O–H groups in total. The lowest BCUT2D eigenvalue weighted by atomic mass is 10.0. The minimum atomic E-state index is -0.217. The van der Waals surface area contributed by atoms with Gasteiger partial charge in [0.15, 0.2) is 0 Å². The van der Waals surface area contributed by atoms with Crippen LogP contribution in [0.2, 0.25) is 0 Å². The number of rotatable bonds is 4. The number of hydrogen-bond acceptors (Lipinski definition) is 2. The van der Waals surface area contributed by atoms with Crippen LogP contribution in [-0.4, -0.2) is 19.3 Å². The lowest BCUT2D eigenvalue weighted by Gasteiger charge is -2.19. The second-order valence-electron chi connectivity index (χ2n) is 4.54. The Morgan fingerprint density at radius 1 is 1.59 bits per heavy atom. The SMILES string of the molecule is C[C@H](NCc1ccc(F)c(Br)c1)[C@H]1CCOC1. The summed E-state index contributed by atoms with van der Waals surface area (Å²) in [4.78, 5) is 0. The fourth-order valence-corrected chi connectivity index (χ4v) is 2.47. The largest absolute Gasteiger partial charge is 0.381 e. The molecule has 17 heavy (non-hydrogen) atoms. The van der Waals surface area contributed by atoms with E-state index in [0.29, 0.717) is 16.4 Å². The van der Waals surface area contributed by atoms with Gasteiger partial charge in [-0.15, -0.1) is 0 Å². The summed E-state index contributed by atoms with van der Waals surface area (Å²) in [6.45, 7) is 4.66. The van der Waals surface area contributed by atoms with Crippen molar-refractivity contribution in [3.63, 3.8) is 0 Å². The molecule has 0 aromatic heterocycles. The molecule has 2 rings (SSSR count). The summed E-state index contributed by atoms with van der Waals surface area (Å²) in [5.41, 5.74) is 1.09. The van der Waals surface area contributed by atoms with Crippen LogP contribution in [0.1, 0.15) is 18.9 Å². The molecule has 94 valence electrons. The highest BCUT2D eigenvalue weighted by molar-refractivity contribution is 9.10. The topological polar surface area (TPSA) is 21.3 Å². The zero-order valence-electron chi connectivity index (χ0n) is 9.88. The molecule has 1 aromatic rings. The highest BCUT2D eigenvalue weighted by Crippen LogP contribution is 2.19. The van der Waals surface area contributed by atoms with Crippen LogP contribution < -0.4 is 5.32 Å². The maximum Gasteiger partial charge on any atom is 0.137 e. The van der Waals surface area contributed by atoms with Gasteiger partial charge >= 0.3 is 0 Å². The molecule has 4 heteroatoms. The smallest absolute Gasteiger partial charge is 0.137 e. The number of halogens is 2. The number of hydrogen-bond donors (Lipinski definition) is 1. The van der Waals surface area contributed by atoms with Crippen molar-refractivity contribution >= 4 is 15.9 Å². The van der Waals surface area contributed by atoms with Crippen LogP contribution in [-0.2, 0) is 11.3 Å². The van der Waals surface area contributed by atoms with Gasteiger partial charge in [-0.25, -0.2) is 4.39 Å². The molecule has 1 saturated heterocycles. The van der Waals surface area contributed by atoms with E-state index in [1.807, 2.05) is 12.1 Å². The minimum absolute atomic E-state index is 0.217. The van der Waals surface area contributed by atoms with Crippen LogP contribution in [0.15, 0.2) is 22.7 Å². The fraction of sp³-hybridized carbons (Fsp3) is 0.538. The van der Waals surface area contributed by atoms with E-state index < -0.39 is 0 Å². The molecular weight excluding hydrogens is 285 g/mol. The molecule has 0 bridgehead atoms. The van der Waals surface area contributed by atoms with Gasteiger partial charge in [-0.2, -0.15) is 0 Å². The van der Waals surface area contributed by atoms with Gasteiger partial charge in [0.2, 0.25) is 0 Å². The Hall–Kier alpha value is -0.450. The quantitative estimate of drug-likeness (QED) is 0.923. The van der Waals surface area contributed by atoms with Gasteiger partial charge < -0.3 is 10.1 Å². The summed E-state index contributed by atoms with van der Waals surface area (Å²) in [7, 11) is 0. The predicted molar refractivity (Wildman–Crippen MR) is 69.3 cm³/mol. The van der Waals surface area contributed by atoms with E-state index in [1.165, 1.54) is 6.07 Å². The standard InChI is InChI=1S/C13H17BrFNO/c1-9(11-4-5-17-8-11)16-7-10-2-3-13(15)12(14)6-10/h2-3,6,9,11,16H,4-5,7-8H2,1H3/t9-,11-/m0/s1. The van der Waals surface area contributed by atoms with Crippen LogP contribution in [0.4, 0.5) is 4.39 Å². The second kappa shape index (κ2) is 5.94. The molecular formula is C13H17BrFNO. The van der Waals surface area contributed by atoms with Crippen molar-refractivity contribution in [1.29, 1.82) is 0 Å². The highest BCUT2D eigenvalue weighted by Gasteiger charge is 2.21. The molecule has 0 saturated carbocycles. The van der Waals surface area contributed by atoms with E-state index >= 15 is 0 Å². The first-order chi connectivity index (χ1) is 8.16. The van der Waals surface area contributed by atoms with Gasteiger partial charge in [0.25, 0.3) is 0 Å². The second-order valence-corrected chi connectivity index (χ2v) is 5.40. The third-order valence-electron chi connectivity index (χ3n) is 3.28. The summed E-state index contributed by atoms with van der Waals surface area (Å²) < 4.78 is 18.9. The maximum atomic E-state index is 13.1. The maximum absolute atomic E-state index is 13.1. The van der Waals surface area contributed by atoms with E-state index in [4.69, 9.17) is 4.74 Å². The van der Waals surface area contributed by atoms with Gasteiger partial charge in [0.05, 0.1) is 11.1 Å². The molecule has 1 aromatic carbocycles. The molecule has 2 atom stereocenters. The van der Waals surface area contributed by atoms with E-state index in [1.54, 1.807) is 0 Å². The number of ether oxygens (including phenoxy) is 1. The van der Waals surface area contributed by atoms with Gasteiger partial charge in [0.1, 0.15) is 5.82 Å². The predicted octanol–water partition coefficient (Wildman–Crippen LogP) is 3.10. The summed E-state index contributed by atoms with van der Waals surface area (Å²) >= 11 is 3.20. The van der Waals surface area contributed by atoms with Crippen molar-refractivity contribution in [1.82, 2.24) is 5.32 Å². The Labute approximate surface area is 110 Å². The lowest BCUT2D eigenvalue weighted by Crippen LogP contribution is -2.33. The van der Waals surface area contributed by atoms with Crippen LogP contribution in [0, 0.1) is 11.7 Å². The molecule has 1 aliphatic heterocycles. The Bertz CT molecular complexity index is 380. The average molecular weight is 302 g/mol. The van der Waals surface area contributed by atoms with Crippen LogP contribution in [0.3, 0.4) is 0 Å². The monoisotopic (exact) mass is 301 g/mol. The Balaban J connectivity index is 1.86. The van der Waals surface area contributed by atoms with Crippen molar-refractivity contribution in [2.75, 3.05) is 13.2 Å². The third-order valence-corrected chi connectivity index (χ3v) is 3.89. The lowest BCUT2D eigenvalue weighted by molar-refractivity contribution is 0.178. The van der Waals surface area contributed by atoms with Gasteiger partial charge in [-0.3, -0.25) is 0 Å². The molecule has 0 aliphatic carbocycles. The van der Waals surface area contributed by atoms with E-state index in [9.17, 15) is 4.39 Å². The normalized spacial score (nSPS) is 21.7. The summed E-state index contributed by atoms with van der Waals surface area (Å²) in [6.07, 6.45) is 1.13. The zero-order valence-corrected chi connectivity index (χ0v) is 11.5. The number of benzene rings is 1. The fourth-order valence-electron chi connectivity index (χ4n) is 2.04. The van der Waals surface area contributed by atoms with Crippen molar-refractivity contribution in [3.05, 3.63) is 34.1 Å². The van der Waals surface area contributed by atoms with Crippen molar-refractivity contribution < 1.29 is 9.13 Å². The summed E-state index contributed by atoms with van der Waals surface area (Å²) in [5.74, 6) is 0.380. The molecule has 1 fully saturated rings. The van der Waals surface area contributed by atoms with Crippen LogP contribution >= 0.6 is 15.9 Å². The van der Waals surface area contributed by atoms with Gasteiger partial charge in [-0.1, -0.05) is 6.07 Å². The van der Waals surface area contributed by atoms with Crippen molar-refractivity contribution in [3.8, 4) is 0 Å². The first kappa shape index (κ1) is 13.0. The van der Waals surface area contributed by atoms with Gasteiger partial charge in [0, 0.05) is 19.2 Å². The Morgan fingerprint density at radius 3 is 3.06 bits per heavy atom. The van der Waals surface area contributed by atoms with Crippen molar-refractivity contribution in [2.45, 2.75) is 25.9 Å². The van der Waals surface area contributed by atoms with E-state index in [-0.39, 0.29) is 5.82 Å².